The van der Waals surface area contributed by atoms with Crippen molar-refractivity contribution in [2.45, 2.75) is 99.3 Å². The summed E-state index contributed by atoms with van der Waals surface area (Å²) in [7, 11) is 0. The second kappa shape index (κ2) is 13.0. The van der Waals surface area contributed by atoms with Crippen LogP contribution in [0.15, 0.2) is 115 Å². The summed E-state index contributed by atoms with van der Waals surface area (Å²) in [4.78, 5) is 5.17. The number of benzene rings is 6. The molecule has 9 rings (SSSR count). The molecule has 0 spiro atoms. The summed E-state index contributed by atoms with van der Waals surface area (Å²) in [6.07, 6.45) is 0. The minimum atomic E-state index is 0.00144. The van der Waals surface area contributed by atoms with E-state index in [1.165, 1.54) is 105 Å². The molecule has 7 aromatic rings. The Bertz CT molecular complexity index is 2710. The van der Waals surface area contributed by atoms with Gasteiger partial charge >= 0.3 is 0 Å². The van der Waals surface area contributed by atoms with Gasteiger partial charge in [0, 0.05) is 33.1 Å². The summed E-state index contributed by atoms with van der Waals surface area (Å²) in [6.45, 7) is 27.8. The molecule has 286 valence electrons. The van der Waals surface area contributed by atoms with Crippen molar-refractivity contribution in [2.24, 2.45) is 0 Å². The molecule has 3 heterocycles. The van der Waals surface area contributed by atoms with Crippen molar-refractivity contribution < 1.29 is 0 Å². The smallest absolute Gasteiger partial charge is 0.252 e. The van der Waals surface area contributed by atoms with E-state index in [2.05, 4.69) is 207 Å². The maximum Gasteiger partial charge on any atom is 0.252 e. The van der Waals surface area contributed by atoms with Gasteiger partial charge in [0.1, 0.15) is 0 Å². The van der Waals surface area contributed by atoms with Crippen molar-refractivity contribution >= 4 is 78.6 Å². The molecule has 0 fully saturated rings. The van der Waals surface area contributed by atoms with Gasteiger partial charge in [-0.2, -0.15) is 0 Å². The molecule has 57 heavy (non-hydrogen) atoms. The summed E-state index contributed by atoms with van der Waals surface area (Å²) in [5.41, 5.74) is 22.1. The molecule has 0 unspecified atom stereocenters. The Hall–Kier alpha value is -5.06. The van der Waals surface area contributed by atoms with Crippen molar-refractivity contribution in [1.29, 1.82) is 0 Å². The second-order valence-corrected chi connectivity index (χ2v) is 20.7. The first-order valence-corrected chi connectivity index (χ1v) is 21.5. The average molecular weight is 763 g/mol. The van der Waals surface area contributed by atoms with Crippen LogP contribution in [0.25, 0.3) is 21.2 Å². The zero-order valence-electron chi connectivity index (χ0n) is 35.8. The Morgan fingerprint density at radius 2 is 1.07 bits per heavy atom. The van der Waals surface area contributed by atoms with Gasteiger partial charge in [0.15, 0.2) is 0 Å². The van der Waals surface area contributed by atoms with E-state index in [1.807, 2.05) is 11.3 Å². The third kappa shape index (κ3) is 6.23. The van der Waals surface area contributed by atoms with Crippen molar-refractivity contribution in [3.05, 3.63) is 148 Å². The predicted octanol–water partition coefficient (Wildman–Crippen LogP) is 13.5. The normalized spacial score (nSPS) is 13.9. The van der Waals surface area contributed by atoms with E-state index >= 15 is 0 Å². The highest BCUT2D eigenvalue weighted by atomic mass is 32.1. The molecule has 0 radical (unpaired) electrons. The number of thiophene rings is 1. The molecule has 0 saturated carbocycles. The fraction of sp³-hybridized carbons (Fsp3) is 0.283. The predicted molar refractivity (Wildman–Crippen MR) is 252 cm³/mol. The third-order valence-corrected chi connectivity index (χ3v) is 13.3. The first kappa shape index (κ1) is 37.5. The van der Waals surface area contributed by atoms with Gasteiger partial charge in [-0.1, -0.05) is 123 Å². The van der Waals surface area contributed by atoms with Crippen LogP contribution in [-0.2, 0) is 16.2 Å². The van der Waals surface area contributed by atoms with Crippen LogP contribution in [-0.4, -0.2) is 6.71 Å². The van der Waals surface area contributed by atoms with Gasteiger partial charge in [0.25, 0.3) is 6.71 Å². The van der Waals surface area contributed by atoms with Gasteiger partial charge in [-0.25, -0.2) is 0 Å². The lowest BCUT2D eigenvalue weighted by atomic mass is 9.33. The highest BCUT2D eigenvalue weighted by Gasteiger charge is 2.44. The summed E-state index contributed by atoms with van der Waals surface area (Å²) < 4.78 is 1.32. The Balaban J connectivity index is 1.36. The van der Waals surface area contributed by atoms with E-state index in [0.29, 0.717) is 0 Å². The van der Waals surface area contributed by atoms with Crippen molar-refractivity contribution in [1.82, 2.24) is 0 Å². The zero-order chi connectivity index (χ0) is 40.3. The minimum absolute atomic E-state index is 0.00144. The van der Waals surface area contributed by atoms with Crippen LogP contribution < -0.4 is 26.2 Å². The number of hydrogen-bond acceptors (Lipinski definition) is 3. The molecule has 1 aromatic heterocycles. The average Bonchev–Trinajstić information content (AvgIpc) is 3.62. The molecule has 0 amide bonds. The molecule has 0 bridgehead atoms. The molecular weight excluding hydrogens is 707 g/mol. The van der Waals surface area contributed by atoms with Crippen LogP contribution in [0.5, 0.6) is 0 Å². The number of fused-ring (bicyclic) bond motifs is 5. The highest BCUT2D eigenvalue weighted by molar-refractivity contribution is 7.17. The topological polar surface area (TPSA) is 6.48 Å². The Kier molecular flexibility index (Phi) is 8.54. The van der Waals surface area contributed by atoms with Gasteiger partial charge in [0.2, 0.25) is 0 Å². The lowest BCUT2D eigenvalue weighted by molar-refractivity contribution is 0.589. The van der Waals surface area contributed by atoms with E-state index in [4.69, 9.17) is 0 Å². The van der Waals surface area contributed by atoms with E-state index in [-0.39, 0.29) is 23.0 Å². The molecule has 2 aliphatic heterocycles. The fourth-order valence-corrected chi connectivity index (χ4v) is 10.1. The Labute approximate surface area is 345 Å². The maximum absolute atomic E-state index is 2.63. The lowest BCUT2D eigenvalue weighted by Gasteiger charge is -2.45. The fourth-order valence-electron chi connectivity index (χ4n) is 9.29. The number of nitrogens with zero attached hydrogens (tertiary/aromatic N) is 2. The number of rotatable bonds is 3. The third-order valence-electron chi connectivity index (χ3n) is 12.4. The first-order chi connectivity index (χ1) is 26.9. The molecule has 6 aromatic carbocycles. The van der Waals surface area contributed by atoms with Crippen LogP contribution in [0.3, 0.4) is 0 Å². The summed E-state index contributed by atoms with van der Waals surface area (Å²) in [5.74, 6) is 0. The number of aryl methyl sites for hydroxylation is 3. The van der Waals surface area contributed by atoms with Crippen molar-refractivity contribution in [3.8, 4) is 11.1 Å². The van der Waals surface area contributed by atoms with Crippen LogP contribution in [0.1, 0.15) is 95.7 Å². The molecule has 0 aliphatic carbocycles. The van der Waals surface area contributed by atoms with Crippen LogP contribution >= 0.6 is 11.3 Å². The highest BCUT2D eigenvalue weighted by Crippen LogP contribution is 2.48. The van der Waals surface area contributed by atoms with Crippen molar-refractivity contribution in [2.75, 3.05) is 9.80 Å². The minimum Gasteiger partial charge on any atom is -0.311 e. The van der Waals surface area contributed by atoms with Crippen LogP contribution in [0.2, 0.25) is 0 Å². The van der Waals surface area contributed by atoms with Gasteiger partial charge in [-0.3, -0.25) is 0 Å². The largest absolute Gasteiger partial charge is 0.311 e. The van der Waals surface area contributed by atoms with E-state index in [1.54, 1.807) is 0 Å². The van der Waals surface area contributed by atoms with Gasteiger partial charge in [0.05, 0.1) is 5.69 Å². The molecule has 2 aliphatic rings. The quantitative estimate of drug-likeness (QED) is 0.165. The molecular formula is C53H55BN2S. The SMILES string of the molecule is Cc1cc2c3c(c1)N(c1c(C)cc(C(C)(C)C)cc1C)c1cc(-c4ccc5ccsc5c4)ccc1B3c1cc(C(C)(C)C)ccc1N2c1ccc(C(C)(C)C)cc1. The van der Waals surface area contributed by atoms with E-state index < -0.39 is 0 Å². The van der Waals surface area contributed by atoms with E-state index in [0.717, 1.165) is 0 Å². The molecule has 0 atom stereocenters. The molecule has 4 heteroatoms. The number of anilines is 6. The zero-order valence-corrected chi connectivity index (χ0v) is 36.7. The molecule has 2 nitrogen and oxygen atoms in total. The molecule has 0 N–H and O–H groups in total. The monoisotopic (exact) mass is 762 g/mol. The van der Waals surface area contributed by atoms with Crippen LogP contribution in [0, 0.1) is 20.8 Å². The standard InChI is InChI=1S/C53H55BN2S/c1-32-25-46-49-47(26-32)56(50-33(2)27-40(28-34(50)3)53(10,11)12)45-29-36(37-14-13-35-23-24-57-48(35)30-37)15-21-42(45)54(49)43-31-39(52(7,8)9)18-22-44(43)55(46)41-19-16-38(17-20-41)51(4,5)6/h13-31H,1-12H3. The summed E-state index contributed by atoms with van der Waals surface area (Å²) in [5, 5.41) is 3.50. The summed E-state index contributed by atoms with van der Waals surface area (Å²) >= 11 is 1.82. The van der Waals surface area contributed by atoms with Gasteiger partial charge in [-0.05, 0) is 157 Å². The van der Waals surface area contributed by atoms with Gasteiger partial charge < -0.3 is 9.80 Å². The summed E-state index contributed by atoms with van der Waals surface area (Å²) in [6, 6.07) is 42.8. The Morgan fingerprint density at radius 1 is 0.474 bits per heavy atom. The van der Waals surface area contributed by atoms with Crippen LogP contribution in [0.4, 0.5) is 34.1 Å². The second-order valence-electron chi connectivity index (χ2n) is 19.8. The van der Waals surface area contributed by atoms with Gasteiger partial charge in [-0.15, -0.1) is 11.3 Å². The first-order valence-electron chi connectivity index (χ1n) is 20.6. The maximum atomic E-state index is 2.63. The van der Waals surface area contributed by atoms with Crippen molar-refractivity contribution in [3.63, 3.8) is 0 Å². The Morgan fingerprint density at radius 3 is 1.72 bits per heavy atom. The van der Waals surface area contributed by atoms with E-state index in [9.17, 15) is 0 Å². The lowest BCUT2D eigenvalue weighted by Crippen LogP contribution is -2.61. The number of hydrogen-bond donors (Lipinski definition) is 0. The molecule has 0 saturated heterocycles.